The third-order valence-corrected chi connectivity index (χ3v) is 10.3. The standard InChI is InChI=1S/C31H42N2O5S/c1-6-8-9-13-19-38-29(37)24-23-16-17-31(39-23)25(24)27(35)33(22(20-34)21-14-11-10-12-15-21)26(31)28(36)32(18-7-2)30(3,4)5/h6-7,10-12,14-15,22-26,34H,1-2,8-9,13,16-20H2,3-5H3/t22-,23+,24-,25+,26?,31?/m1/s1. The molecule has 39 heavy (non-hydrogen) atoms. The molecule has 8 heteroatoms. The number of nitrogens with zero attached hydrogens (tertiary/aromatic N) is 2. The highest BCUT2D eigenvalue weighted by Crippen LogP contribution is 2.67. The van der Waals surface area contributed by atoms with Crippen molar-refractivity contribution in [1.82, 2.24) is 9.80 Å². The van der Waals surface area contributed by atoms with Gasteiger partial charge in [0.15, 0.2) is 0 Å². The van der Waals surface area contributed by atoms with Gasteiger partial charge in [0.2, 0.25) is 11.8 Å². The molecule has 7 nitrogen and oxygen atoms in total. The number of thioether (sulfide) groups is 1. The van der Waals surface area contributed by atoms with E-state index in [1.807, 2.05) is 57.2 Å². The van der Waals surface area contributed by atoms with Crippen molar-refractivity contribution in [2.45, 2.75) is 80.5 Å². The van der Waals surface area contributed by atoms with E-state index in [1.165, 1.54) is 0 Å². The highest BCUT2D eigenvalue weighted by Gasteiger charge is 2.75. The van der Waals surface area contributed by atoms with Crippen LogP contribution in [-0.4, -0.2) is 74.0 Å². The number of carbonyl (C=O) groups is 3. The average Bonchev–Trinajstić information content (AvgIpc) is 3.55. The second-order valence-electron chi connectivity index (χ2n) is 11.8. The van der Waals surface area contributed by atoms with Gasteiger partial charge in [-0.05, 0) is 58.4 Å². The van der Waals surface area contributed by atoms with Gasteiger partial charge in [-0.2, -0.15) is 0 Å². The monoisotopic (exact) mass is 554 g/mol. The van der Waals surface area contributed by atoms with Crippen molar-refractivity contribution in [2.24, 2.45) is 11.8 Å². The van der Waals surface area contributed by atoms with Crippen LogP contribution >= 0.6 is 11.8 Å². The number of amides is 2. The number of carbonyl (C=O) groups excluding carboxylic acids is 3. The van der Waals surface area contributed by atoms with Gasteiger partial charge in [-0.15, -0.1) is 24.9 Å². The number of esters is 1. The zero-order chi connectivity index (χ0) is 28.4. The van der Waals surface area contributed by atoms with Crippen molar-refractivity contribution in [1.29, 1.82) is 0 Å². The van der Waals surface area contributed by atoms with Gasteiger partial charge in [0.05, 0.1) is 35.8 Å². The zero-order valence-corrected chi connectivity index (χ0v) is 24.2. The first-order chi connectivity index (χ1) is 18.6. The van der Waals surface area contributed by atoms with Gasteiger partial charge in [0.1, 0.15) is 6.04 Å². The van der Waals surface area contributed by atoms with E-state index in [0.717, 1.165) is 31.2 Å². The Balaban J connectivity index is 1.74. The van der Waals surface area contributed by atoms with E-state index in [0.29, 0.717) is 19.6 Å². The number of allylic oxidation sites excluding steroid dienone is 1. The van der Waals surface area contributed by atoms with Gasteiger partial charge >= 0.3 is 5.97 Å². The molecule has 2 unspecified atom stereocenters. The van der Waals surface area contributed by atoms with E-state index in [4.69, 9.17) is 4.74 Å². The van der Waals surface area contributed by atoms with Crippen LogP contribution in [0.2, 0.25) is 0 Å². The Bertz CT molecular complexity index is 1090. The van der Waals surface area contributed by atoms with E-state index in [9.17, 15) is 19.5 Å². The fraction of sp³-hybridized carbons (Fsp3) is 0.581. The molecule has 3 heterocycles. The number of fused-ring (bicyclic) bond motifs is 1. The van der Waals surface area contributed by atoms with Crippen LogP contribution < -0.4 is 0 Å². The van der Waals surface area contributed by atoms with Crippen LogP contribution in [0.4, 0.5) is 0 Å². The predicted molar refractivity (Wildman–Crippen MR) is 154 cm³/mol. The summed E-state index contributed by atoms with van der Waals surface area (Å²) in [6.45, 7) is 13.8. The molecular formula is C31H42N2O5S. The van der Waals surface area contributed by atoms with Crippen LogP contribution in [-0.2, 0) is 19.1 Å². The van der Waals surface area contributed by atoms with E-state index in [2.05, 4.69) is 13.2 Å². The number of aliphatic hydroxyl groups excluding tert-OH is 1. The molecule has 1 N–H and O–H groups in total. The minimum absolute atomic E-state index is 0.0659. The minimum Gasteiger partial charge on any atom is -0.465 e. The maximum Gasteiger partial charge on any atom is 0.310 e. The second-order valence-corrected chi connectivity index (χ2v) is 13.4. The molecule has 2 amide bonds. The predicted octanol–water partition coefficient (Wildman–Crippen LogP) is 4.52. The summed E-state index contributed by atoms with van der Waals surface area (Å²) in [5, 5.41) is 10.5. The number of benzene rings is 1. The lowest BCUT2D eigenvalue weighted by Crippen LogP contribution is -2.59. The molecule has 0 saturated carbocycles. The van der Waals surface area contributed by atoms with Crippen LogP contribution in [0.3, 0.4) is 0 Å². The van der Waals surface area contributed by atoms with Gasteiger partial charge in [-0.1, -0.05) is 42.5 Å². The fourth-order valence-corrected chi connectivity index (χ4v) is 8.82. The molecule has 0 aromatic heterocycles. The Labute approximate surface area is 236 Å². The number of unbranched alkanes of at least 4 members (excludes halogenated alkanes) is 2. The van der Waals surface area contributed by atoms with E-state index < -0.39 is 34.2 Å². The molecule has 1 aromatic carbocycles. The maximum absolute atomic E-state index is 14.5. The van der Waals surface area contributed by atoms with Gasteiger partial charge in [0, 0.05) is 17.3 Å². The molecule has 0 radical (unpaired) electrons. The third kappa shape index (κ3) is 5.30. The molecule has 2 bridgehead atoms. The van der Waals surface area contributed by atoms with Crippen LogP contribution in [0.25, 0.3) is 0 Å². The quantitative estimate of drug-likeness (QED) is 0.232. The topological polar surface area (TPSA) is 87.2 Å². The molecule has 1 spiro atoms. The van der Waals surface area contributed by atoms with E-state index >= 15 is 0 Å². The maximum atomic E-state index is 14.5. The molecule has 3 aliphatic heterocycles. The van der Waals surface area contributed by atoms with E-state index in [1.54, 1.807) is 27.6 Å². The van der Waals surface area contributed by atoms with Gasteiger partial charge in [0.25, 0.3) is 0 Å². The second kappa shape index (κ2) is 11.9. The van der Waals surface area contributed by atoms with Crippen molar-refractivity contribution < 1.29 is 24.2 Å². The lowest BCUT2D eigenvalue weighted by Gasteiger charge is -2.43. The summed E-state index contributed by atoms with van der Waals surface area (Å²) in [7, 11) is 0. The van der Waals surface area contributed by atoms with Gasteiger partial charge < -0.3 is 19.6 Å². The summed E-state index contributed by atoms with van der Waals surface area (Å²) in [6, 6.07) is 7.82. The Morgan fingerprint density at radius 3 is 2.56 bits per heavy atom. The lowest BCUT2D eigenvalue weighted by atomic mass is 9.71. The summed E-state index contributed by atoms with van der Waals surface area (Å²) >= 11 is 1.61. The first-order valence-corrected chi connectivity index (χ1v) is 14.9. The number of rotatable bonds is 12. The van der Waals surface area contributed by atoms with Crippen molar-refractivity contribution in [3.8, 4) is 0 Å². The minimum atomic E-state index is -0.813. The highest BCUT2D eigenvalue weighted by molar-refractivity contribution is 8.02. The fourth-order valence-electron chi connectivity index (χ4n) is 6.63. The highest BCUT2D eigenvalue weighted by atomic mass is 32.2. The Hall–Kier alpha value is -2.58. The molecule has 0 aliphatic carbocycles. The summed E-state index contributed by atoms with van der Waals surface area (Å²) < 4.78 is 4.95. The van der Waals surface area contributed by atoms with Crippen LogP contribution in [0, 0.1) is 11.8 Å². The SMILES string of the molecule is C=CCCCCOC(=O)[C@@H]1[C@@H]2CCC3(S2)C(C(=O)N(CC=C)C(C)(C)C)N([C@H](CO)c2ccccc2)C(=O)[C@H]13. The summed E-state index contributed by atoms with van der Waals surface area (Å²) in [5.41, 5.74) is 0.246. The van der Waals surface area contributed by atoms with Gasteiger partial charge in [-0.25, -0.2) is 0 Å². The molecule has 212 valence electrons. The normalized spacial score (nSPS) is 28.2. The first kappa shape index (κ1) is 29.4. The van der Waals surface area contributed by atoms with Crippen LogP contribution in [0.15, 0.2) is 55.6 Å². The molecule has 1 aromatic rings. The Morgan fingerprint density at radius 2 is 1.95 bits per heavy atom. The molecular weight excluding hydrogens is 512 g/mol. The van der Waals surface area contributed by atoms with Crippen molar-refractivity contribution in [2.75, 3.05) is 19.8 Å². The third-order valence-electron chi connectivity index (χ3n) is 8.37. The number of hydrogen-bond acceptors (Lipinski definition) is 6. The first-order valence-electron chi connectivity index (χ1n) is 14.0. The smallest absolute Gasteiger partial charge is 0.310 e. The summed E-state index contributed by atoms with van der Waals surface area (Å²) in [5.74, 6) is -2.03. The number of aliphatic hydroxyl groups is 1. The number of likely N-dealkylation sites (tertiary alicyclic amines) is 1. The molecule has 3 saturated heterocycles. The van der Waals surface area contributed by atoms with Crippen molar-refractivity contribution in [3.63, 3.8) is 0 Å². The number of ether oxygens (including phenoxy) is 1. The molecule has 3 aliphatic rings. The van der Waals surface area contributed by atoms with Gasteiger partial charge in [-0.3, -0.25) is 14.4 Å². The van der Waals surface area contributed by atoms with E-state index in [-0.39, 0.29) is 29.6 Å². The van der Waals surface area contributed by atoms with Crippen LogP contribution in [0.5, 0.6) is 0 Å². The summed E-state index contributed by atoms with van der Waals surface area (Å²) in [4.78, 5) is 45.8. The van der Waals surface area contributed by atoms with Crippen molar-refractivity contribution >= 4 is 29.5 Å². The van der Waals surface area contributed by atoms with Crippen LogP contribution in [0.1, 0.15) is 64.5 Å². The molecule has 6 atom stereocenters. The Kier molecular flexibility index (Phi) is 8.96. The zero-order valence-electron chi connectivity index (χ0n) is 23.4. The van der Waals surface area contributed by atoms with Crippen molar-refractivity contribution in [3.05, 3.63) is 61.2 Å². The lowest BCUT2D eigenvalue weighted by molar-refractivity contribution is -0.154. The number of hydrogen-bond donors (Lipinski definition) is 1. The largest absolute Gasteiger partial charge is 0.465 e. The molecule has 3 fully saturated rings. The summed E-state index contributed by atoms with van der Waals surface area (Å²) in [6.07, 6.45) is 7.44. The average molecular weight is 555 g/mol. The Morgan fingerprint density at radius 1 is 1.23 bits per heavy atom. The molecule has 4 rings (SSSR count).